The Hall–Kier alpha value is -3.06. The molecule has 3 rings (SSSR count). The van der Waals surface area contributed by atoms with E-state index < -0.39 is 0 Å². The summed E-state index contributed by atoms with van der Waals surface area (Å²) in [6, 6.07) is 11.7. The number of likely N-dealkylation sites (N-methyl/N-ethyl adjacent to an activating group) is 1. The van der Waals surface area contributed by atoms with E-state index >= 15 is 0 Å². The van der Waals surface area contributed by atoms with Crippen molar-refractivity contribution in [2.75, 3.05) is 37.8 Å². The highest BCUT2D eigenvalue weighted by molar-refractivity contribution is 5.63. The zero-order valence-electron chi connectivity index (χ0n) is 15.1. The highest BCUT2D eigenvalue weighted by Gasteiger charge is 2.07. The Morgan fingerprint density at radius 1 is 1.00 bits per heavy atom. The van der Waals surface area contributed by atoms with E-state index in [-0.39, 0.29) is 0 Å². The minimum atomic E-state index is 0.594. The van der Waals surface area contributed by atoms with Crippen LogP contribution in [0.4, 0.5) is 11.8 Å². The molecule has 0 aliphatic rings. The smallest absolute Gasteiger partial charge is 0.225 e. The van der Waals surface area contributed by atoms with Gasteiger partial charge in [0.1, 0.15) is 5.82 Å². The van der Waals surface area contributed by atoms with E-state index in [0.717, 1.165) is 35.9 Å². The summed E-state index contributed by atoms with van der Waals surface area (Å²) >= 11 is 0. The van der Waals surface area contributed by atoms with Gasteiger partial charge in [-0.2, -0.15) is 4.98 Å². The molecule has 2 N–H and O–H groups in total. The normalized spacial score (nSPS) is 10.7. The molecule has 0 atom stereocenters. The first-order valence-corrected chi connectivity index (χ1v) is 8.52. The monoisotopic (exact) mass is 349 g/mol. The van der Waals surface area contributed by atoms with Crippen LogP contribution in [0.1, 0.15) is 5.69 Å². The van der Waals surface area contributed by atoms with Crippen LogP contribution in [-0.4, -0.2) is 52.0 Å². The maximum absolute atomic E-state index is 4.62. The van der Waals surface area contributed by atoms with Crippen LogP contribution in [0.3, 0.4) is 0 Å². The van der Waals surface area contributed by atoms with Crippen molar-refractivity contribution in [2.24, 2.45) is 0 Å². The summed E-state index contributed by atoms with van der Waals surface area (Å²) in [5.74, 6) is 1.34. The van der Waals surface area contributed by atoms with E-state index in [1.165, 1.54) is 0 Å². The number of anilines is 2. The summed E-state index contributed by atoms with van der Waals surface area (Å²) < 4.78 is 0. The van der Waals surface area contributed by atoms with Crippen LogP contribution in [0.2, 0.25) is 0 Å². The highest BCUT2D eigenvalue weighted by atomic mass is 15.2. The van der Waals surface area contributed by atoms with E-state index in [2.05, 4.69) is 35.5 Å². The molecule has 7 heteroatoms. The topological polar surface area (TPSA) is 78.9 Å². The van der Waals surface area contributed by atoms with E-state index in [0.29, 0.717) is 12.5 Å². The summed E-state index contributed by atoms with van der Waals surface area (Å²) in [6.07, 6.45) is 5.34. The Morgan fingerprint density at radius 3 is 2.65 bits per heavy atom. The first-order valence-electron chi connectivity index (χ1n) is 8.52. The minimum absolute atomic E-state index is 0.594. The number of rotatable bonds is 8. The van der Waals surface area contributed by atoms with E-state index in [1.807, 2.05) is 50.5 Å². The van der Waals surface area contributed by atoms with Crippen LogP contribution in [0.15, 0.2) is 55.0 Å². The van der Waals surface area contributed by atoms with Gasteiger partial charge in [0.05, 0.1) is 17.9 Å². The number of nitrogens with one attached hydrogen (secondary N) is 2. The van der Waals surface area contributed by atoms with Crippen molar-refractivity contribution < 1.29 is 0 Å². The molecule has 0 amide bonds. The third-order valence-electron chi connectivity index (χ3n) is 3.70. The maximum Gasteiger partial charge on any atom is 0.225 e. The van der Waals surface area contributed by atoms with Gasteiger partial charge in [0.2, 0.25) is 5.95 Å². The van der Waals surface area contributed by atoms with Crippen molar-refractivity contribution in [3.8, 4) is 11.3 Å². The zero-order chi connectivity index (χ0) is 18.2. The Kier molecular flexibility index (Phi) is 6.05. The number of hydrogen-bond acceptors (Lipinski definition) is 7. The van der Waals surface area contributed by atoms with Crippen LogP contribution in [0.5, 0.6) is 0 Å². The lowest BCUT2D eigenvalue weighted by Crippen LogP contribution is -2.21. The lowest BCUT2D eigenvalue weighted by atomic mass is 10.2. The highest BCUT2D eigenvalue weighted by Crippen LogP contribution is 2.20. The van der Waals surface area contributed by atoms with Crippen LogP contribution < -0.4 is 10.6 Å². The summed E-state index contributed by atoms with van der Waals surface area (Å²) in [5, 5.41) is 6.61. The van der Waals surface area contributed by atoms with Crippen molar-refractivity contribution >= 4 is 11.8 Å². The molecule has 3 heterocycles. The molecule has 0 aliphatic heterocycles. The average Bonchev–Trinajstić information content (AvgIpc) is 2.67. The van der Waals surface area contributed by atoms with Gasteiger partial charge in [0.15, 0.2) is 0 Å². The molecule has 134 valence electrons. The van der Waals surface area contributed by atoms with Crippen LogP contribution >= 0.6 is 0 Å². The maximum atomic E-state index is 4.62. The Labute approximate surface area is 153 Å². The largest absolute Gasteiger partial charge is 0.364 e. The first kappa shape index (κ1) is 17.8. The molecular formula is C19H23N7. The number of aromatic nitrogens is 4. The van der Waals surface area contributed by atoms with Gasteiger partial charge in [0.25, 0.3) is 0 Å². The van der Waals surface area contributed by atoms with Gasteiger partial charge >= 0.3 is 0 Å². The van der Waals surface area contributed by atoms with Gasteiger partial charge in [-0.3, -0.25) is 9.97 Å². The minimum Gasteiger partial charge on any atom is -0.364 e. The quantitative estimate of drug-likeness (QED) is 0.647. The van der Waals surface area contributed by atoms with Crippen molar-refractivity contribution in [3.63, 3.8) is 0 Å². The first-order chi connectivity index (χ1) is 12.7. The molecule has 0 aliphatic carbocycles. The van der Waals surface area contributed by atoms with Crippen molar-refractivity contribution in [2.45, 2.75) is 6.54 Å². The predicted molar refractivity (Wildman–Crippen MR) is 104 cm³/mol. The second-order valence-electron chi connectivity index (χ2n) is 6.11. The number of hydrogen-bond donors (Lipinski definition) is 2. The van der Waals surface area contributed by atoms with Gasteiger partial charge in [-0.05, 0) is 38.4 Å². The average molecular weight is 349 g/mol. The molecule has 0 bridgehead atoms. The second-order valence-corrected chi connectivity index (χ2v) is 6.11. The molecule has 3 aromatic rings. The molecule has 3 aromatic heterocycles. The van der Waals surface area contributed by atoms with Crippen LogP contribution in [-0.2, 0) is 6.54 Å². The molecule has 26 heavy (non-hydrogen) atoms. The van der Waals surface area contributed by atoms with E-state index in [4.69, 9.17) is 0 Å². The molecule has 0 spiro atoms. The SMILES string of the molecule is CN(C)CCNc1nc(NCc2ccccn2)cc(-c2cccnc2)n1. The second kappa shape index (κ2) is 8.87. The lowest BCUT2D eigenvalue weighted by Gasteiger charge is -2.13. The van der Waals surface area contributed by atoms with Gasteiger partial charge in [-0.25, -0.2) is 4.98 Å². The fourth-order valence-corrected chi connectivity index (χ4v) is 2.35. The van der Waals surface area contributed by atoms with Gasteiger partial charge in [-0.1, -0.05) is 6.07 Å². The Bertz CT molecular complexity index is 807. The predicted octanol–water partition coefficient (Wildman–Crippen LogP) is 2.52. The third kappa shape index (κ3) is 5.22. The molecular weight excluding hydrogens is 326 g/mol. The summed E-state index contributed by atoms with van der Waals surface area (Å²) in [5.41, 5.74) is 2.73. The lowest BCUT2D eigenvalue weighted by molar-refractivity contribution is 0.425. The standard InChI is InChI=1S/C19H23N7/c1-26(2)11-10-22-19-24-17(15-6-5-8-20-13-15)12-18(25-19)23-14-16-7-3-4-9-21-16/h3-9,12-13H,10-11,14H2,1-2H3,(H2,22,23,24,25). The molecule has 0 aromatic carbocycles. The van der Waals surface area contributed by atoms with E-state index in [9.17, 15) is 0 Å². The van der Waals surface area contributed by atoms with Gasteiger partial charge in [-0.15, -0.1) is 0 Å². The summed E-state index contributed by atoms with van der Waals surface area (Å²) in [6.45, 7) is 2.27. The number of pyridine rings is 2. The fourth-order valence-electron chi connectivity index (χ4n) is 2.35. The van der Waals surface area contributed by atoms with Gasteiger partial charge in [0, 0.05) is 43.3 Å². The van der Waals surface area contributed by atoms with Crippen molar-refractivity contribution in [1.29, 1.82) is 0 Å². The van der Waals surface area contributed by atoms with Crippen molar-refractivity contribution in [1.82, 2.24) is 24.8 Å². The third-order valence-corrected chi connectivity index (χ3v) is 3.70. The molecule has 7 nitrogen and oxygen atoms in total. The summed E-state index contributed by atoms with van der Waals surface area (Å²) in [7, 11) is 4.07. The molecule has 0 saturated heterocycles. The fraction of sp³-hybridized carbons (Fsp3) is 0.263. The molecule has 0 fully saturated rings. The molecule has 0 unspecified atom stereocenters. The van der Waals surface area contributed by atoms with Crippen molar-refractivity contribution in [3.05, 3.63) is 60.7 Å². The summed E-state index contributed by atoms with van der Waals surface area (Å²) in [4.78, 5) is 19.8. The van der Waals surface area contributed by atoms with E-state index in [1.54, 1.807) is 18.6 Å². The number of nitrogens with zero attached hydrogens (tertiary/aromatic N) is 5. The van der Waals surface area contributed by atoms with Crippen LogP contribution in [0, 0.1) is 0 Å². The zero-order valence-corrected chi connectivity index (χ0v) is 15.1. The van der Waals surface area contributed by atoms with Crippen LogP contribution in [0.25, 0.3) is 11.3 Å². The van der Waals surface area contributed by atoms with Gasteiger partial charge < -0.3 is 15.5 Å². The Morgan fingerprint density at radius 2 is 1.92 bits per heavy atom. The molecule has 0 radical (unpaired) electrons. The molecule has 0 saturated carbocycles. The Balaban J connectivity index is 1.80.